The summed E-state index contributed by atoms with van der Waals surface area (Å²) in [6.45, 7) is 5.16. The van der Waals surface area contributed by atoms with Crippen LogP contribution in [0.5, 0.6) is 0 Å². The van der Waals surface area contributed by atoms with Crippen molar-refractivity contribution >= 4 is 51.1 Å². The zero-order valence-corrected chi connectivity index (χ0v) is 22.2. The minimum Gasteiger partial charge on any atom is -0.443 e. The van der Waals surface area contributed by atoms with E-state index in [1.807, 2.05) is 6.07 Å². The van der Waals surface area contributed by atoms with Crippen LogP contribution in [0.4, 0.5) is 16.2 Å². The van der Waals surface area contributed by atoms with Crippen LogP contribution in [0.3, 0.4) is 0 Å². The molecule has 188 valence electrons. The van der Waals surface area contributed by atoms with Crippen LogP contribution < -0.4 is 9.80 Å². The van der Waals surface area contributed by atoms with Crippen LogP contribution in [0.25, 0.3) is 0 Å². The highest BCUT2D eigenvalue weighted by atomic mass is 79.9. The molecule has 0 radical (unpaired) electrons. The molecule has 0 spiro atoms. The van der Waals surface area contributed by atoms with Gasteiger partial charge in [-0.3, -0.25) is 19.3 Å². The Bertz CT molecular complexity index is 1430. The molecule has 8 heteroatoms. The molecule has 0 saturated carbocycles. The van der Waals surface area contributed by atoms with E-state index in [1.54, 1.807) is 93.6 Å². The van der Waals surface area contributed by atoms with Gasteiger partial charge in [0, 0.05) is 10.9 Å². The highest BCUT2D eigenvalue weighted by Crippen LogP contribution is 2.54. The SMILES string of the molecule is CC(C)(C)OC(=O)N1C(=O)C(c2ccccc2)([C@@H]2CC(=O)N(c3cccc(Br)c3)C2=O)c2ccccc21. The van der Waals surface area contributed by atoms with Crippen molar-refractivity contribution in [2.45, 2.75) is 38.2 Å². The van der Waals surface area contributed by atoms with Gasteiger partial charge < -0.3 is 4.74 Å². The van der Waals surface area contributed by atoms with Crippen LogP contribution in [0, 0.1) is 5.92 Å². The van der Waals surface area contributed by atoms with Gasteiger partial charge in [0.15, 0.2) is 0 Å². The summed E-state index contributed by atoms with van der Waals surface area (Å²) in [5.41, 5.74) is -0.673. The molecule has 2 atom stereocenters. The second-order valence-corrected chi connectivity index (χ2v) is 11.0. The molecule has 1 saturated heterocycles. The number of anilines is 2. The molecular weight excluding hydrogens is 536 g/mol. The number of ether oxygens (including phenoxy) is 1. The zero-order valence-electron chi connectivity index (χ0n) is 20.6. The third-order valence-corrected chi connectivity index (χ3v) is 7.14. The van der Waals surface area contributed by atoms with Crippen LogP contribution in [0.1, 0.15) is 38.3 Å². The summed E-state index contributed by atoms with van der Waals surface area (Å²) in [5, 5.41) is 0. The number of rotatable bonds is 3. The van der Waals surface area contributed by atoms with Gasteiger partial charge in [0.05, 0.1) is 17.3 Å². The van der Waals surface area contributed by atoms with Gasteiger partial charge in [-0.05, 0) is 56.2 Å². The average molecular weight is 561 g/mol. The molecular formula is C29H25BrN2O5. The van der Waals surface area contributed by atoms with E-state index in [9.17, 15) is 19.2 Å². The van der Waals surface area contributed by atoms with Crippen LogP contribution >= 0.6 is 15.9 Å². The topological polar surface area (TPSA) is 84.0 Å². The maximum Gasteiger partial charge on any atom is 0.421 e. The summed E-state index contributed by atoms with van der Waals surface area (Å²) >= 11 is 3.39. The van der Waals surface area contributed by atoms with Gasteiger partial charge in [-0.2, -0.15) is 0 Å². The molecule has 0 bridgehead atoms. The number of carbonyl (C=O) groups excluding carboxylic acids is 4. The lowest BCUT2D eigenvalue weighted by Gasteiger charge is -2.33. The maximum absolute atomic E-state index is 14.5. The summed E-state index contributed by atoms with van der Waals surface area (Å²) in [7, 11) is 0. The number of hydrogen-bond donors (Lipinski definition) is 0. The Kier molecular flexibility index (Phi) is 6.02. The molecule has 0 aliphatic carbocycles. The highest BCUT2D eigenvalue weighted by Gasteiger charge is 2.64. The van der Waals surface area contributed by atoms with Crippen LogP contribution in [0.15, 0.2) is 83.3 Å². The maximum atomic E-state index is 14.5. The quantitative estimate of drug-likeness (QED) is 0.389. The van der Waals surface area contributed by atoms with Crippen molar-refractivity contribution in [1.82, 2.24) is 0 Å². The lowest BCUT2D eigenvalue weighted by molar-refractivity contribution is -0.130. The average Bonchev–Trinajstić information content (AvgIpc) is 3.28. The minimum atomic E-state index is -1.59. The van der Waals surface area contributed by atoms with Gasteiger partial charge in [-0.25, -0.2) is 9.69 Å². The Labute approximate surface area is 223 Å². The fourth-order valence-corrected chi connectivity index (χ4v) is 5.65. The first-order chi connectivity index (χ1) is 17.6. The summed E-state index contributed by atoms with van der Waals surface area (Å²) in [4.78, 5) is 57.4. The minimum absolute atomic E-state index is 0.192. The van der Waals surface area contributed by atoms with E-state index in [-0.39, 0.29) is 6.42 Å². The van der Waals surface area contributed by atoms with Gasteiger partial charge in [0.25, 0.3) is 5.91 Å². The monoisotopic (exact) mass is 560 g/mol. The molecule has 4 amide bonds. The summed E-state index contributed by atoms with van der Waals surface area (Å²) < 4.78 is 6.30. The molecule has 2 aliphatic heterocycles. The Morgan fingerprint density at radius 3 is 2.30 bits per heavy atom. The first-order valence-electron chi connectivity index (χ1n) is 11.9. The van der Waals surface area contributed by atoms with Crippen molar-refractivity contribution < 1.29 is 23.9 Å². The van der Waals surface area contributed by atoms with Gasteiger partial charge >= 0.3 is 6.09 Å². The Morgan fingerprint density at radius 2 is 1.62 bits per heavy atom. The number of fused-ring (bicyclic) bond motifs is 1. The van der Waals surface area contributed by atoms with E-state index in [0.717, 1.165) is 9.80 Å². The summed E-state index contributed by atoms with van der Waals surface area (Å²) in [6.07, 6.45) is -1.02. The van der Waals surface area contributed by atoms with Crippen molar-refractivity contribution in [3.05, 3.63) is 94.5 Å². The van der Waals surface area contributed by atoms with E-state index in [2.05, 4.69) is 15.9 Å². The van der Waals surface area contributed by atoms with Crippen LogP contribution in [-0.2, 0) is 24.5 Å². The fraction of sp³-hybridized carbons (Fsp3) is 0.241. The van der Waals surface area contributed by atoms with Gasteiger partial charge in [0.1, 0.15) is 11.0 Å². The fourth-order valence-electron chi connectivity index (χ4n) is 5.27. The predicted molar refractivity (Wildman–Crippen MR) is 142 cm³/mol. The molecule has 0 N–H and O–H groups in total. The standard InChI is InChI=1S/C29H25BrN2O5/c1-28(2,3)37-27(36)32-23-15-8-7-14-21(23)29(26(32)35,18-10-5-4-6-11-18)22-17-24(33)31(25(22)34)20-13-9-12-19(30)16-20/h4-16,22H,17H2,1-3H3/t22-,29?/m1/s1. The smallest absolute Gasteiger partial charge is 0.421 e. The molecule has 3 aromatic carbocycles. The molecule has 2 aliphatic rings. The Morgan fingerprint density at radius 1 is 0.946 bits per heavy atom. The van der Waals surface area contributed by atoms with Crippen molar-refractivity contribution in [3.63, 3.8) is 0 Å². The highest BCUT2D eigenvalue weighted by molar-refractivity contribution is 9.10. The van der Waals surface area contributed by atoms with Crippen molar-refractivity contribution in [2.75, 3.05) is 9.80 Å². The predicted octanol–water partition coefficient (Wildman–Crippen LogP) is 5.60. The third-order valence-electron chi connectivity index (χ3n) is 6.65. The van der Waals surface area contributed by atoms with Crippen LogP contribution in [0.2, 0.25) is 0 Å². The molecule has 2 heterocycles. The van der Waals surface area contributed by atoms with E-state index in [1.165, 1.54) is 0 Å². The van der Waals surface area contributed by atoms with E-state index in [4.69, 9.17) is 4.74 Å². The summed E-state index contributed by atoms with van der Waals surface area (Å²) in [5.74, 6) is -2.59. The second-order valence-electron chi connectivity index (χ2n) is 10.1. The number of benzene rings is 3. The second kappa shape index (κ2) is 8.95. The van der Waals surface area contributed by atoms with Gasteiger partial charge in [-0.15, -0.1) is 0 Å². The zero-order chi connectivity index (χ0) is 26.5. The molecule has 37 heavy (non-hydrogen) atoms. The van der Waals surface area contributed by atoms with E-state index < -0.39 is 40.7 Å². The number of amides is 4. The number of carbonyl (C=O) groups is 4. The molecule has 1 unspecified atom stereocenters. The largest absolute Gasteiger partial charge is 0.443 e. The number of imide groups is 2. The molecule has 5 rings (SSSR count). The lowest BCUT2D eigenvalue weighted by atomic mass is 9.65. The number of para-hydroxylation sites is 1. The molecule has 0 aromatic heterocycles. The van der Waals surface area contributed by atoms with E-state index in [0.29, 0.717) is 27.0 Å². The first kappa shape index (κ1) is 24.9. The number of hydrogen-bond acceptors (Lipinski definition) is 5. The van der Waals surface area contributed by atoms with Gasteiger partial charge in [-0.1, -0.05) is 70.5 Å². The molecule has 1 fully saturated rings. The van der Waals surface area contributed by atoms with E-state index >= 15 is 0 Å². The lowest BCUT2D eigenvalue weighted by Crippen LogP contribution is -2.51. The summed E-state index contributed by atoms with van der Waals surface area (Å²) in [6, 6.07) is 22.7. The number of nitrogens with zero attached hydrogens (tertiary/aromatic N) is 2. The third kappa shape index (κ3) is 3.96. The first-order valence-corrected chi connectivity index (χ1v) is 12.7. The molecule has 7 nitrogen and oxygen atoms in total. The number of halogens is 1. The Hall–Kier alpha value is -3.78. The normalized spacial score (nSPS) is 21.4. The van der Waals surface area contributed by atoms with Gasteiger partial charge in [0.2, 0.25) is 11.8 Å². The van der Waals surface area contributed by atoms with Crippen LogP contribution in [-0.4, -0.2) is 29.4 Å². The molecule has 3 aromatic rings. The van der Waals surface area contributed by atoms with Crippen molar-refractivity contribution in [2.24, 2.45) is 5.92 Å². The Balaban J connectivity index is 1.71. The van der Waals surface area contributed by atoms with Crippen molar-refractivity contribution in [3.8, 4) is 0 Å². The van der Waals surface area contributed by atoms with Crippen molar-refractivity contribution in [1.29, 1.82) is 0 Å².